The highest BCUT2D eigenvalue weighted by Gasteiger charge is 2.28. The van der Waals surface area contributed by atoms with Crippen LogP contribution in [0.3, 0.4) is 0 Å². The van der Waals surface area contributed by atoms with Crippen molar-refractivity contribution in [3.63, 3.8) is 0 Å². The number of hydrogen-bond donors (Lipinski definition) is 2. The van der Waals surface area contributed by atoms with Gasteiger partial charge in [0.15, 0.2) is 5.78 Å². The van der Waals surface area contributed by atoms with E-state index in [0.717, 1.165) is 35.7 Å². The largest absolute Gasteiger partial charge is 0.494 e. The van der Waals surface area contributed by atoms with Crippen LogP contribution in [0.25, 0.3) is 0 Å². The predicted octanol–water partition coefficient (Wildman–Crippen LogP) is 5.69. The van der Waals surface area contributed by atoms with Crippen molar-refractivity contribution in [1.29, 1.82) is 0 Å². The smallest absolute Gasteiger partial charge is 0.229 e. The quantitative estimate of drug-likeness (QED) is 0.515. The molecule has 0 fully saturated rings. The van der Waals surface area contributed by atoms with Gasteiger partial charge in [-0.15, -0.1) is 0 Å². The Bertz CT molecular complexity index is 1060. The van der Waals surface area contributed by atoms with Crippen LogP contribution >= 0.6 is 0 Å². The first-order valence-electron chi connectivity index (χ1n) is 10.9. The zero-order chi connectivity index (χ0) is 21.8. The van der Waals surface area contributed by atoms with Crippen molar-refractivity contribution in [3.8, 4) is 5.75 Å². The molecule has 0 amide bonds. The van der Waals surface area contributed by atoms with Gasteiger partial charge in [-0.05, 0) is 67.6 Å². The Balaban J connectivity index is 1.67. The molecule has 0 radical (unpaired) electrons. The van der Waals surface area contributed by atoms with Crippen LogP contribution in [-0.2, 0) is 12.8 Å². The van der Waals surface area contributed by atoms with Crippen LogP contribution in [0.1, 0.15) is 48.8 Å². The van der Waals surface area contributed by atoms with Crippen LogP contribution in [0, 0.1) is 5.92 Å². The van der Waals surface area contributed by atoms with E-state index in [9.17, 15) is 4.79 Å². The number of ketones is 1. The normalized spacial score (nSPS) is 15.3. The lowest BCUT2D eigenvalue weighted by Crippen LogP contribution is -2.22. The van der Waals surface area contributed by atoms with Gasteiger partial charge in [-0.25, -0.2) is 4.98 Å². The van der Waals surface area contributed by atoms with Crippen LogP contribution in [-0.4, -0.2) is 22.4 Å². The number of hydrogen-bond acceptors (Lipinski definition) is 6. The molecule has 0 saturated heterocycles. The second-order valence-corrected chi connectivity index (χ2v) is 7.91. The zero-order valence-corrected chi connectivity index (χ0v) is 18.2. The Kier molecular flexibility index (Phi) is 6.16. The Morgan fingerprint density at radius 2 is 1.61 bits per heavy atom. The topological polar surface area (TPSA) is 76.1 Å². The van der Waals surface area contributed by atoms with Gasteiger partial charge in [0.1, 0.15) is 11.6 Å². The number of nitrogens with one attached hydrogen (secondary N) is 2. The summed E-state index contributed by atoms with van der Waals surface area (Å²) >= 11 is 0. The number of aryl methyl sites for hydroxylation is 1. The van der Waals surface area contributed by atoms with Crippen LogP contribution < -0.4 is 15.4 Å². The Morgan fingerprint density at radius 3 is 2.29 bits per heavy atom. The molecule has 1 aromatic heterocycles. The average molecular weight is 417 g/mol. The van der Waals surface area contributed by atoms with E-state index in [0.29, 0.717) is 30.4 Å². The van der Waals surface area contributed by atoms with Crippen molar-refractivity contribution in [3.05, 3.63) is 65.4 Å². The molecule has 2 aromatic carbocycles. The number of rotatable bonds is 7. The molecule has 1 atom stereocenters. The number of benzene rings is 2. The maximum Gasteiger partial charge on any atom is 0.229 e. The summed E-state index contributed by atoms with van der Waals surface area (Å²) in [5.41, 5.74) is 4.42. The second kappa shape index (κ2) is 9.16. The summed E-state index contributed by atoms with van der Waals surface area (Å²) in [5, 5.41) is 6.62. The summed E-state index contributed by atoms with van der Waals surface area (Å²) in [6, 6.07) is 15.9. The van der Waals surface area contributed by atoms with Crippen LogP contribution in [0.5, 0.6) is 5.75 Å². The van der Waals surface area contributed by atoms with E-state index in [1.165, 1.54) is 5.56 Å². The first-order chi connectivity index (χ1) is 15.1. The van der Waals surface area contributed by atoms with Gasteiger partial charge in [-0.2, -0.15) is 4.98 Å². The van der Waals surface area contributed by atoms with Gasteiger partial charge in [0, 0.05) is 17.8 Å². The van der Waals surface area contributed by atoms with E-state index < -0.39 is 0 Å². The molecule has 0 spiro atoms. The molecule has 3 aromatic rings. The van der Waals surface area contributed by atoms with Crippen LogP contribution in [0.4, 0.5) is 23.1 Å². The molecule has 6 nitrogen and oxygen atoms in total. The molecule has 1 aliphatic carbocycles. The molecule has 1 heterocycles. The summed E-state index contributed by atoms with van der Waals surface area (Å²) in [6.45, 7) is 6.79. The summed E-state index contributed by atoms with van der Waals surface area (Å²) in [7, 11) is 0. The first-order valence-corrected chi connectivity index (χ1v) is 10.9. The fourth-order valence-corrected chi connectivity index (χ4v) is 3.81. The fourth-order valence-electron chi connectivity index (χ4n) is 3.81. The highest BCUT2D eigenvalue weighted by atomic mass is 16.5. The first kappa shape index (κ1) is 20.8. The predicted molar refractivity (Wildman–Crippen MR) is 124 cm³/mol. The van der Waals surface area contributed by atoms with Crippen molar-refractivity contribution in [2.75, 3.05) is 17.2 Å². The zero-order valence-electron chi connectivity index (χ0n) is 18.2. The lowest BCUT2D eigenvalue weighted by Gasteiger charge is -2.23. The summed E-state index contributed by atoms with van der Waals surface area (Å²) in [4.78, 5) is 22.2. The number of fused-ring (bicyclic) bond motifs is 1. The number of aromatic nitrogens is 2. The monoisotopic (exact) mass is 416 g/mol. The van der Waals surface area contributed by atoms with Gasteiger partial charge in [0.2, 0.25) is 5.95 Å². The maximum absolute atomic E-state index is 12.8. The lowest BCUT2D eigenvalue weighted by atomic mass is 9.87. The van der Waals surface area contributed by atoms with E-state index in [1.54, 1.807) is 0 Å². The Hall–Kier alpha value is -3.41. The van der Waals surface area contributed by atoms with Crippen molar-refractivity contribution in [2.45, 2.75) is 40.0 Å². The van der Waals surface area contributed by atoms with Crippen molar-refractivity contribution >= 4 is 28.9 Å². The van der Waals surface area contributed by atoms with Gasteiger partial charge in [0.05, 0.1) is 17.9 Å². The Morgan fingerprint density at radius 1 is 0.935 bits per heavy atom. The second-order valence-electron chi connectivity index (χ2n) is 7.91. The van der Waals surface area contributed by atoms with Gasteiger partial charge in [-0.3, -0.25) is 4.79 Å². The molecule has 31 heavy (non-hydrogen) atoms. The van der Waals surface area contributed by atoms with E-state index in [-0.39, 0.29) is 11.7 Å². The summed E-state index contributed by atoms with van der Waals surface area (Å²) < 4.78 is 5.51. The molecule has 0 bridgehead atoms. The molecule has 160 valence electrons. The molecular weight excluding hydrogens is 388 g/mol. The van der Waals surface area contributed by atoms with Crippen LogP contribution in [0.15, 0.2) is 48.5 Å². The standard InChI is InChI=1S/C25H28N4O2/c1-4-17-6-8-19(9-7-17)27-25-28-21-14-16(3)15-22(30)23(21)24(29-25)26-18-10-12-20(13-11-18)31-5-2/h6-13,16H,4-5,14-15H2,1-3H3,(H2,26,27,28,29). The molecule has 1 aliphatic rings. The molecule has 2 N–H and O–H groups in total. The molecule has 0 aliphatic heterocycles. The minimum Gasteiger partial charge on any atom is -0.494 e. The highest BCUT2D eigenvalue weighted by molar-refractivity contribution is 6.03. The number of carbonyl (C=O) groups is 1. The number of nitrogens with zero attached hydrogens (tertiary/aromatic N) is 2. The van der Waals surface area contributed by atoms with Crippen molar-refractivity contribution < 1.29 is 9.53 Å². The molecular formula is C25H28N4O2. The van der Waals surface area contributed by atoms with Crippen molar-refractivity contribution in [2.24, 2.45) is 5.92 Å². The maximum atomic E-state index is 12.8. The third-order valence-corrected chi connectivity index (χ3v) is 5.38. The van der Waals surface area contributed by atoms with E-state index in [2.05, 4.69) is 46.6 Å². The van der Waals surface area contributed by atoms with Crippen LogP contribution in [0.2, 0.25) is 0 Å². The summed E-state index contributed by atoms with van der Waals surface area (Å²) in [5.74, 6) is 2.18. The number of ether oxygens (including phenoxy) is 1. The van der Waals surface area contributed by atoms with Gasteiger partial charge in [0.25, 0.3) is 0 Å². The average Bonchev–Trinajstić information content (AvgIpc) is 2.75. The highest BCUT2D eigenvalue weighted by Crippen LogP contribution is 2.32. The van der Waals surface area contributed by atoms with Gasteiger partial charge in [-0.1, -0.05) is 26.0 Å². The van der Waals surface area contributed by atoms with Gasteiger partial charge < -0.3 is 15.4 Å². The molecule has 0 saturated carbocycles. The fraction of sp³-hybridized carbons (Fsp3) is 0.320. The SMILES string of the molecule is CCOc1ccc(Nc2nc(Nc3ccc(CC)cc3)nc3c2C(=O)CC(C)C3)cc1. The van der Waals surface area contributed by atoms with Crippen molar-refractivity contribution in [1.82, 2.24) is 9.97 Å². The molecule has 1 unspecified atom stereocenters. The Labute approximate surface area is 183 Å². The van der Waals surface area contributed by atoms with E-state index in [4.69, 9.17) is 4.74 Å². The minimum atomic E-state index is 0.0843. The number of carbonyl (C=O) groups excluding carboxylic acids is 1. The molecule has 6 heteroatoms. The van der Waals surface area contributed by atoms with Gasteiger partial charge >= 0.3 is 0 Å². The minimum absolute atomic E-state index is 0.0843. The summed E-state index contributed by atoms with van der Waals surface area (Å²) in [6.07, 6.45) is 2.26. The van der Waals surface area contributed by atoms with E-state index in [1.807, 2.05) is 43.3 Å². The number of anilines is 4. The third kappa shape index (κ3) is 4.85. The lowest BCUT2D eigenvalue weighted by molar-refractivity contribution is 0.0952. The number of Topliss-reactive ketones (excluding diaryl/α,β-unsaturated/α-hetero) is 1. The molecule has 4 rings (SSSR count). The van der Waals surface area contributed by atoms with E-state index >= 15 is 0 Å². The third-order valence-electron chi connectivity index (χ3n) is 5.38.